The molecule has 0 aliphatic heterocycles. The number of thiazole rings is 2. The van der Waals surface area contributed by atoms with Crippen molar-refractivity contribution in [1.82, 2.24) is 9.97 Å². The van der Waals surface area contributed by atoms with E-state index in [1.165, 1.54) is 22.7 Å². The van der Waals surface area contributed by atoms with E-state index >= 15 is 0 Å². The van der Waals surface area contributed by atoms with Crippen LogP contribution in [-0.2, 0) is 0 Å². The molecule has 0 aliphatic carbocycles. The number of hydrogen-bond donors (Lipinski definition) is 1. The van der Waals surface area contributed by atoms with E-state index in [2.05, 4.69) is 15.3 Å². The lowest BCUT2D eigenvalue weighted by Gasteiger charge is -2.00. The summed E-state index contributed by atoms with van der Waals surface area (Å²) < 4.78 is 5.13. The highest BCUT2D eigenvalue weighted by molar-refractivity contribution is 7.15. The number of aromatic nitrogens is 2. The molecule has 0 radical (unpaired) electrons. The number of carbonyl (C=O) groups excluding carboxylic acids is 1. The molecule has 5 nitrogen and oxygen atoms in total. The number of ether oxygens (including phenoxy) is 1. The highest BCUT2D eigenvalue weighted by Gasteiger charge is 2.13. The Balaban J connectivity index is 1.76. The zero-order chi connectivity index (χ0) is 15.5. The standard InChI is InChI=1S/C15H13N3O2S2/c1-9-7-16-15(22-9)18-13(19)12-8-21-14(17-12)10-3-5-11(20-2)6-4-10/h3-8H,1-2H3,(H,16,18,19). The monoisotopic (exact) mass is 331 g/mol. The van der Waals surface area contributed by atoms with Crippen molar-refractivity contribution in [2.45, 2.75) is 6.92 Å². The van der Waals surface area contributed by atoms with Gasteiger partial charge in [0, 0.05) is 22.0 Å². The summed E-state index contributed by atoms with van der Waals surface area (Å²) in [6, 6.07) is 7.58. The number of hydrogen-bond acceptors (Lipinski definition) is 6. The fourth-order valence-corrected chi connectivity index (χ4v) is 3.28. The first kappa shape index (κ1) is 14.7. The summed E-state index contributed by atoms with van der Waals surface area (Å²) in [6.07, 6.45) is 1.73. The van der Waals surface area contributed by atoms with Gasteiger partial charge in [0.15, 0.2) is 5.13 Å². The highest BCUT2D eigenvalue weighted by Crippen LogP contribution is 2.26. The van der Waals surface area contributed by atoms with Crippen LogP contribution in [0.1, 0.15) is 15.4 Å². The van der Waals surface area contributed by atoms with Gasteiger partial charge >= 0.3 is 0 Å². The lowest BCUT2D eigenvalue weighted by molar-refractivity contribution is 0.102. The summed E-state index contributed by atoms with van der Waals surface area (Å²) in [5, 5.41) is 5.88. The van der Waals surface area contributed by atoms with Gasteiger partial charge < -0.3 is 4.74 Å². The Labute approximate surface area is 135 Å². The molecule has 0 spiro atoms. The largest absolute Gasteiger partial charge is 0.497 e. The third-order valence-corrected chi connectivity index (χ3v) is 4.64. The maximum atomic E-state index is 12.1. The molecule has 0 atom stereocenters. The molecule has 2 heterocycles. The molecular formula is C15H13N3O2S2. The van der Waals surface area contributed by atoms with Crippen molar-refractivity contribution in [2.24, 2.45) is 0 Å². The van der Waals surface area contributed by atoms with Gasteiger partial charge in [0.1, 0.15) is 16.5 Å². The second kappa shape index (κ2) is 6.25. The molecule has 0 saturated carbocycles. The first-order valence-electron chi connectivity index (χ1n) is 6.49. The van der Waals surface area contributed by atoms with Gasteiger partial charge in [-0.2, -0.15) is 0 Å². The molecular weight excluding hydrogens is 318 g/mol. The quantitative estimate of drug-likeness (QED) is 0.789. The zero-order valence-corrected chi connectivity index (χ0v) is 13.6. The lowest BCUT2D eigenvalue weighted by atomic mass is 10.2. The Morgan fingerprint density at radius 2 is 2.05 bits per heavy atom. The molecule has 3 aromatic rings. The van der Waals surface area contributed by atoms with E-state index in [1.54, 1.807) is 18.7 Å². The van der Waals surface area contributed by atoms with E-state index in [4.69, 9.17) is 4.74 Å². The van der Waals surface area contributed by atoms with E-state index in [1.807, 2.05) is 31.2 Å². The summed E-state index contributed by atoms with van der Waals surface area (Å²) in [6.45, 7) is 1.94. The van der Waals surface area contributed by atoms with Crippen molar-refractivity contribution in [2.75, 3.05) is 12.4 Å². The maximum absolute atomic E-state index is 12.1. The van der Waals surface area contributed by atoms with Crippen molar-refractivity contribution in [3.8, 4) is 16.3 Å². The van der Waals surface area contributed by atoms with Crippen molar-refractivity contribution in [1.29, 1.82) is 0 Å². The van der Waals surface area contributed by atoms with Gasteiger partial charge in [0.2, 0.25) is 0 Å². The summed E-state index contributed by atoms with van der Waals surface area (Å²) in [5.74, 6) is 0.544. The summed E-state index contributed by atoms with van der Waals surface area (Å²) >= 11 is 2.87. The van der Waals surface area contributed by atoms with Crippen molar-refractivity contribution in [3.63, 3.8) is 0 Å². The van der Waals surface area contributed by atoms with Gasteiger partial charge in [-0.3, -0.25) is 10.1 Å². The second-order valence-electron chi connectivity index (χ2n) is 4.50. The van der Waals surface area contributed by atoms with Gasteiger partial charge in [0.05, 0.1) is 7.11 Å². The normalized spacial score (nSPS) is 10.5. The van der Waals surface area contributed by atoms with Crippen molar-refractivity contribution >= 4 is 33.7 Å². The topological polar surface area (TPSA) is 64.1 Å². The van der Waals surface area contributed by atoms with Crippen LogP contribution in [0.3, 0.4) is 0 Å². The number of rotatable bonds is 4. The van der Waals surface area contributed by atoms with Crippen LogP contribution in [0.2, 0.25) is 0 Å². The third kappa shape index (κ3) is 3.15. The Morgan fingerprint density at radius 3 is 2.68 bits per heavy atom. The Kier molecular flexibility index (Phi) is 4.17. The van der Waals surface area contributed by atoms with Crippen LogP contribution in [0.25, 0.3) is 10.6 Å². The van der Waals surface area contributed by atoms with Crippen LogP contribution in [-0.4, -0.2) is 23.0 Å². The molecule has 1 aromatic carbocycles. The molecule has 1 N–H and O–H groups in total. The minimum Gasteiger partial charge on any atom is -0.497 e. The van der Waals surface area contributed by atoms with Crippen molar-refractivity contribution < 1.29 is 9.53 Å². The van der Waals surface area contributed by atoms with E-state index in [0.29, 0.717) is 10.8 Å². The van der Waals surface area contributed by atoms with Crippen LogP contribution >= 0.6 is 22.7 Å². The van der Waals surface area contributed by atoms with Gasteiger partial charge in [-0.05, 0) is 31.2 Å². The summed E-state index contributed by atoms with van der Waals surface area (Å²) in [4.78, 5) is 21.7. The summed E-state index contributed by atoms with van der Waals surface area (Å²) in [5.41, 5.74) is 1.35. The first-order chi connectivity index (χ1) is 10.7. The van der Waals surface area contributed by atoms with Gasteiger partial charge in [0.25, 0.3) is 5.91 Å². The molecule has 0 aliphatic rings. The predicted octanol–water partition coefficient (Wildman–Crippen LogP) is 3.84. The number of anilines is 1. The molecule has 2 aromatic heterocycles. The van der Waals surface area contributed by atoms with Gasteiger partial charge in [-0.15, -0.1) is 22.7 Å². The van der Waals surface area contributed by atoms with Crippen LogP contribution in [0, 0.1) is 6.92 Å². The van der Waals surface area contributed by atoms with Gasteiger partial charge in [-0.25, -0.2) is 9.97 Å². The van der Waals surface area contributed by atoms with Crippen LogP contribution < -0.4 is 10.1 Å². The number of amides is 1. The zero-order valence-electron chi connectivity index (χ0n) is 12.0. The second-order valence-corrected chi connectivity index (χ2v) is 6.59. The minimum atomic E-state index is -0.245. The molecule has 7 heteroatoms. The van der Waals surface area contributed by atoms with E-state index in [0.717, 1.165) is 21.2 Å². The van der Waals surface area contributed by atoms with Crippen LogP contribution in [0.5, 0.6) is 5.75 Å². The van der Waals surface area contributed by atoms with E-state index in [-0.39, 0.29) is 5.91 Å². The third-order valence-electron chi connectivity index (χ3n) is 2.92. The number of nitrogens with zero attached hydrogens (tertiary/aromatic N) is 2. The molecule has 22 heavy (non-hydrogen) atoms. The Bertz CT molecular complexity index is 793. The van der Waals surface area contributed by atoms with E-state index in [9.17, 15) is 4.79 Å². The fourth-order valence-electron chi connectivity index (χ4n) is 1.82. The van der Waals surface area contributed by atoms with Crippen molar-refractivity contribution in [3.05, 3.63) is 46.4 Å². The SMILES string of the molecule is COc1ccc(-c2nc(C(=O)Nc3ncc(C)s3)cs2)cc1. The molecule has 1 amide bonds. The molecule has 0 unspecified atom stereocenters. The Hall–Kier alpha value is -2.25. The average molecular weight is 331 g/mol. The lowest BCUT2D eigenvalue weighted by Crippen LogP contribution is -2.11. The predicted molar refractivity (Wildman–Crippen MR) is 88.9 cm³/mol. The van der Waals surface area contributed by atoms with E-state index < -0.39 is 0 Å². The number of carbonyl (C=O) groups is 1. The molecule has 0 bridgehead atoms. The number of methoxy groups -OCH3 is 1. The smallest absolute Gasteiger partial charge is 0.276 e. The molecule has 112 valence electrons. The molecule has 3 rings (SSSR count). The van der Waals surface area contributed by atoms with Gasteiger partial charge in [-0.1, -0.05) is 0 Å². The van der Waals surface area contributed by atoms with Crippen LogP contribution in [0.4, 0.5) is 5.13 Å². The number of nitrogens with one attached hydrogen (secondary N) is 1. The fraction of sp³-hybridized carbons (Fsp3) is 0.133. The maximum Gasteiger partial charge on any atom is 0.276 e. The first-order valence-corrected chi connectivity index (χ1v) is 8.19. The van der Waals surface area contributed by atoms with Crippen LogP contribution in [0.15, 0.2) is 35.8 Å². The minimum absolute atomic E-state index is 0.245. The molecule has 0 fully saturated rings. The summed E-state index contributed by atoms with van der Waals surface area (Å²) in [7, 11) is 1.63. The molecule has 0 saturated heterocycles. The number of aryl methyl sites for hydroxylation is 1. The Morgan fingerprint density at radius 1 is 1.27 bits per heavy atom. The highest BCUT2D eigenvalue weighted by atomic mass is 32.1. The number of benzene rings is 1. The average Bonchev–Trinajstić information content (AvgIpc) is 3.17.